The highest BCUT2D eigenvalue weighted by molar-refractivity contribution is 5.73. The van der Waals surface area contributed by atoms with Gasteiger partial charge in [0, 0.05) is 0 Å². The molecule has 4 rings (SSSR count). The van der Waals surface area contributed by atoms with Crippen LogP contribution in [-0.2, 0) is 38.0 Å². The van der Waals surface area contributed by atoms with Crippen molar-refractivity contribution in [3.05, 3.63) is 0 Å². The van der Waals surface area contributed by atoms with Gasteiger partial charge in [0.05, 0.1) is 19.8 Å². The fourth-order valence-electron chi connectivity index (χ4n) is 5.20. The summed E-state index contributed by atoms with van der Waals surface area (Å²) >= 11 is 0. The Morgan fingerprint density at radius 3 is 1.52 bits per heavy atom. The molecule has 0 aromatic rings. The molecule has 256 valence electrons. The maximum atomic E-state index is 11.4. The summed E-state index contributed by atoms with van der Waals surface area (Å²) in [7, 11) is 0. The maximum absolute atomic E-state index is 11.4. The van der Waals surface area contributed by atoms with Gasteiger partial charge in [0.25, 0.3) is 0 Å². The third-order valence-corrected chi connectivity index (χ3v) is 7.80. The van der Waals surface area contributed by atoms with Crippen LogP contribution in [0.4, 0.5) is 0 Å². The average molecular weight is 651 g/mol. The number of ether oxygens (including phenoxy) is 7. The summed E-state index contributed by atoms with van der Waals surface area (Å²) in [5, 5.41) is 132. The van der Waals surface area contributed by atoms with Crippen LogP contribution in [0.15, 0.2) is 0 Å². The Bertz CT molecular complexity index is 944. The summed E-state index contributed by atoms with van der Waals surface area (Å²) in [6.07, 6.45) is -35.5. The first-order valence-corrected chi connectivity index (χ1v) is 13.5. The Kier molecular flexibility index (Phi) is 11.8. The molecule has 0 saturated carbocycles. The molecule has 44 heavy (non-hydrogen) atoms. The second kappa shape index (κ2) is 14.6. The van der Waals surface area contributed by atoms with Gasteiger partial charge in [0.2, 0.25) is 0 Å². The second-order valence-electron chi connectivity index (χ2n) is 10.7. The van der Waals surface area contributed by atoms with Crippen molar-refractivity contribution in [2.24, 2.45) is 0 Å². The van der Waals surface area contributed by atoms with Crippen molar-refractivity contribution in [1.82, 2.24) is 0 Å². The molecule has 0 aliphatic carbocycles. The molecule has 21 nitrogen and oxygen atoms in total. The number of carboxylic acids is 1. The van der Waals surface area contributed by atoms with Crippen LogP contribution in [0.5, 0.6) is 0 Å². The van der Waals surface area contributed by atoms with Crippen LogP contribution in [0, 0.1) is 0 Å². The van der Waals surface area contributed by atoms with E-state index in [9.17, 15) is 71.2 Å². The van der Waals surface area contributed by atoms with E-state index in [4.69, 9.17) is 33.2 Å². The minimum absolute atomic E-state index is 0.479. The molecule has 4 saturated heterocycles. The van der Waals surface area contributed by atoms with Gasteiger partial charge in [-0.1, -0.05) is 0 Å². The fourth-order valence-corrected chi connectivity index (χ4v) is 5.20. The number of carboxylic acid groups (broad SMARTS) is 1. The first kappa shape index (κ1) is 35.6. The van der Waals surface area contributed by atoms with E-state index < -0.39 is 143 Å². The van der Waals surface area contributed by atoms with E-state index in [1.165, 1.54) is 0 Å². The average Bonchev–Trinajstić information content (AvgIpc) is 2.99. The molecule has 4 aliphatic rings. The number of aliphatic hydroxyl groups is 12. The van der Waals surface area contributed by atoms with E-state index in [0.29, 0.717) is 0 Å². The van der Waals surface area contributed by atoms with Crippen LogP contribution in [0.2, 0.25) is 0 Å². The summed E-state index contributed by atoms with van der Waals surface area (Å²) in [6, 6.07) is 0. The highest BCUT2D eigenvalue weighted by Crippen LogP contribution is 2.33. The number of hydrogen-bond acceptors (Lipinski definition) is 20. The standard InChI is InChI=1S/C23H38O21/c24-1-4-8(27)16(14(33)22(39-4)41-6-3-38-20(37)12(31)7(6)26)43-23-15(34)17(9(28)5(2-25)40-23)42-21-13(32)10(29)11(30)18(44-21)19(35)36/h4-18,20-34,37H,1-3H2,(H,35,36)/t4-,5-,6-,7+,8+,9+,10+,11+,12-,13-,14-,15-,16+,17+,18+,20-,21-,22+,23+/m1/s1. The SMILES string of the molecule is O=C(O)[C@H]1O[C@@H](O[C@H]2[C@@H](O)[C@@H](CO)O[C@@H](O[C@H]3[C@@H](O)[C@@H](CO)O[C@@H](O[C@@H]4CO[C@@H](O)[C@H](O)[C@H]4O)[C@@H]3O)[C@@H]2O)[C@H](O)[C@@H](O)[C@@H]1O. The van der Waals surface area contributed by atoms with Crippen molar-refractivity contribution in [1.29, 1.82) is 0 Å². The lowest BCUT2D eigenvalue weighted by Gasteiger charge is -2.48. The van der Waals surface area contributed by atoms with E-state index in [2.05, 4.69) is 0 Å². The van der Waals surface area contributed by atoms with Crippen molar-refractivity contribution in [2.75, 3.05) is 19.8 Å². The lowest BCUT2D eigenvalue weighted by molar-refractivity contribution is -0.385. The molecule has 4 aliphatic heterocycles. The monoisotopic (exact) mass is 650 g/mol. The molecule has 0 bridgehead atoms. The fraction of sp³-hybridized carbons (Fsp3) is 0.957. The first-order chi connectivity index (χ1) is 20.7. The Labute approximate surface area is 247 Å². The molecule has 0 aromatic carbocycles. The summed E-state index contributed by atoms with van der Waals surface area (Å²) in [4.78, 5) is 11.4. The predicted octanol–water partition coefficient (Wildman–Crippen LogP) is -9.02. The largest absolute Gasteiger partial charge is 0.479 e. The van der Waals surface area contributed by atoms with E-state index in [0.717, 1.165) is 0 Å². The molecule has 0 radical (unpaired) electrons. The van der Waals surface area contributed by atoms with Gasteiger partial charge >= 0.3 is 5.97 Å². The third-order valence-electron chi connectivity index (χ3n) is 7.80. The summed E-state index contributed by atoms with van der Waals surface area (Å²) in [6.45, 7) is -2.28. The lowest BCUT2D eigenvalue weighted by Crippen LogP contribution is -2.67. The van der Waals surface area contributed by atoms with Crippen molar-refractivity contribution < 1.29 is 104 Å². The Morgan fingerprint density at radius 1 is 0.568 bits per heavy atom. The van der Waals surface area contributed by atoms with Crippen molar-refractivity contribution in [2.45, 2.75) is 117 Å². The third kappa shape index (κ3) is 7.01. The summed E-state index contributed by atoms with van der Waals surface area (Å²) < 4.78 is 37.1. The topological polar surface area (TPSA) is 345 Å². The Balaban J connectivity index is 1.51. The molecular formula is C23H38O21. The van der Waals surface area contributed by atoms with Gasteiger partial charge < -0.3 is 99.5 Å². The van der Waals surface area contributed by atoms with Crippen LogP contribution < -0.4 is 0 Å². The van der Waals surface area contributed by atoms with Gasteiger partial charge in [0.1, 0.15) is 85.5 Å². The van der Waals surface area contributed by atoms with E-state index in [1.54, 1.807) is 0 Å². The van der Waals surface area contributed by atoms with Crippen LogP contribution in [0.3, 0.4) is 0 Å². The number of carbonyl (C=O) groups is 1. The van der Waals surface area contributed by atoms with E-state index >= 15 is 0 Å². The number of aliphatic hydroxyl groups excluding tert-OH is 12. The van der Waals surface area contributed by atoms with Gasteiger partial charge in [-0.25, -0.2) is 4.79 Å². The number of hydrogen-bond donors (Lipinski definition) is 13. The lowest BCUT2D eigenvalue weighted by atomic mass is 9.96. The molecule has 0 unspecified atom stereocenters. The zero-order valence-electron chi connectivity index (χ0n) is 22.7. The molecule has 19 atom stereocenters. The number of aliphatic carboxylic acids is 1. The molecule has 0 spiro atoms. The van der Waals surface area contributed by atoms with E-state index in [-0.39, 0.29) is 0 Å². The molecule has 0 amide bonds. The number of rotatable bonds is 9. The highest BCUT2D eigenvalue weighted by Gasteiger charge is 2.55. The molecule has 0 aromatic heterocycles. The highest BCUT2D eigenvalue weighted by atomic mass is 16.8. The van der Waals surface area contributed by atoms with Crippen molar-refractivity contribution >= 4 is 5.97 Å². The Morgan fingerprint density at radius 2 is 1.05 bits per heavy atom. The van der Waals surface area contributed by atoms with Gasteiger partial charge in [-0.05, 0) is 0 Å². The van der Waals surface area contributed by atoms with E-state index in [1.807, 2.05) is 0 Å². The molecular weight excluding hydrogens is 612 g/mol. The first-order valence-electron chi connectivity index (χ1n) is 13.5. The zero-order valence-corrected chi connectivity index (χ0v) is 22.7. The zero-order chi connectivity index (χ0) is 32.6. The predicted molar refractivity (Wildman–Crippen MR) is 128 cm³/mol. The van der Waals surface area contributed by atoms with Crippen LogP contribution >= 0.6 is 0 Å². The normalized spacial score (nSPS) is 52.0. The van der Waals surface area contributed by atoms with Crippen LogP contribution in [-0.4, -0.2) is 209 Å². The van der Waals surface area contributed by atoms with Gasteiger partial charge in [-0.3, -0.25) is 0 Å². The van der Waals surface area contributed by atoms with Crippen molar-refractivity contribution in [3.63, 3.8) is 0 Å². The molecule has 13 N–H and O–H groups in total. The maximum Gasteiger partial charge on any atom is 0.335 e. The Hall–Kier alpha value is -1.29. The summed E-state index contributed by atoms with van der Waals surface area (Å²) in [5.41, 5.74) is 0. The van der Waals surface area contributed by atoms with Crippen LogP contribution in [0.1, 0.15) is 0 Å². The van der Waals surface area contributed by atoms with Crippen LogP contribution in [0.25, 0.3) is 0 Å². The molecule has 4 fully saturated rings. The molecule has 21 heteroatoms. The summed E-state index contributed by atoms with van der Waals surface area (Å²) in [5.74, 6) is -1.74. The quantitative estimate of drug-likeness (QED) is 0.110. The smallest absolute Gasteiger partial charge is 0.335 e. The van der Waals surface area contributed by atoms with Gasteiger partial charge in [-0.15, -0.1) is 0 Å². The minimum atomic E-state index is -2.10. The van der Waals surface area contributed by atoms with Gasteiger partial charge in [0.15, 0.2) is 31.3 Å². The van der Waals surface area contributed by atoms with Gasteiger partial charge in [-0.2, -0.15) is 0 Å². The molecule has 4 heterocycles. The second-order valence-corrected chi connectivity index (χ2v) is 10.7. The van der Waals surface area contributed by atoms with Crippen molar-refractivity contribution in [3.8, 4) is 0 Å². The minimum Gasteiger partial charge on any atom is -0.479 e.